The molecule has 1 fully saturated rings. The molecule has 1 aromatic heterocycles. The van der Waals surface area contributed by atoms with Crippen LogP contribution in [0, 0.1) is 0 Å². The van der Waals surface area contributed by atoms with E-state index in [0.717, 1.165) is 23.2 Å². The van der Waals surface area contributed by atoms with Crippen molar-refractivity contribution in [1.82, 2.24) is 9.55 Å². The van der Waals surface area contributed by atoms with Gasteiger partial charge in [0.05, 0.1) is 18.1 Å². The molecule has 4 heteroatoms. The number of aromatic nitrogens is 2. The van der Waals surface area contributed by atoms with Crippen LogP contribution in [0.15, 0.2) is 48.5 Å². The van der Waals surface area contributed by atoms with Crippen molar-refractivity contribution in [3.05, 3.63) is 54.1 Å². The van der Waals surface area contributed by atoms with Crippen LogP contribution in [-0.4, -0.2) is 16.7 Å². The molecule has 1 heterocycles. The molecular formula is C17H17N3O. The molecule has 1 saturated carbocycles. The van der Waals surface area contributed by atoms with E-state index in [1.165, 1.54) is 5.56 Å². The summed E-state index contributed by atoms with van der Waals surface area (Å²) in [5.41, 5.74) is 9.48. The van der Waals surface area contributed by atoms with Crippen LogP contribution in [0.1, 0.15) is 23.9 Å². The van der Waals surface area contributed by atoms with Crippen LogP contribution in [0.3, 0.4) is 0 Å². The zero-order valence-electron chi connectivity index (χ0n) is 11.9. The van der Waals surface area contributed by atoms with Gasteiger partial charge in [0.15, 0.2) is 0 Å². The lowest BCUT2D eigenvalue weighted by molar-refractivity contribution is 0.415. The van der Waals surface area contributed by atoms with Crippen molar-refractivity contribution in [2.45, 2.75) is 18.4 Å². The minimum atomic E-state index is 0.393. The van der Waals surface area contributed by atoms with Crippen LogP contribution in [0.25, 0.3) is 11.0 Å². The van der Waals surface area contributed by atoms with Crippen LogP contribution in [-0.2, 0) is 0 Å². The first-order valence-electron chi connectivity index (χ1n) is 7.14. The second-order valence-electron chi connectivity index (χ2n) is 5.51. The van der Waals surface area contributed by atoms with E-state index in [9.17, 15) is 0 Å². The Morgan fingerprint density at radius 2 is 2.00 bits per heavy atom. The standard InChI is InChI=1S/C17H17N3O/c1-21-12-7-8-14-16(9-12)20(17(18)19-14)15-10-13(15)11-5-3-2-4-6-11/h2-9,13,15H,10H2,1H3,(H2,18,19). The van der Waals surface area contributed by atoms with Crippen LogP contribution in [0.4, 0.5) is 5.95 Å². The number of methoxy groups -OCH3 is 1. The third-order valence-corrected chi connectivity index (χ3v) is 4.24. The minimum absolute atomic E-state index is 0.393. The maximum atomic E-state index is 6.14. The number of nitrogen functional groups attached to an aromatic ring is 1. The lowest BCUT2D eigenvalue weighted by atomic mass is 10.1. The van der Waals surface area contributed by atoms with Gasteiger partial charge in [-0.15, -0.1) is 0 Å². The first-order valence-corrected chi connectivity index (χ1v) is 7.14. The normalized spacial score (nSPS) is 20.6. The summed E-state index contributed by atoms with van der Waals surface area (Å²) in [4.78, 5) is 4.46. The largest absolute Gasteiger partial charge is 0.497 e. The van der Waals surface area contributed by atoms with E-state index in [1.54, 1.807) is 7.11 Å². The van der Waals surface area contributed by atoms with Gasteiger partial charge in [-0.3, -0.25) is 0 Å². The number of fused-ring (bicyclic) bond motifs is 1. The Bertz CT molecular complexity index is 794. The van der Waals surface area contributed by atoms with Crippen molar-refractivity contribution in [1.29, 1.82) is 0 Å². The Morgan fingerprint density at radius 3 is 2.76 bits per heavy atom. The van der Waals surface area contributed by atoms with Gasteiger partial charge in [-0.2, -0.15) is 0 Å². The van der Waals surface area contributed by atoms with Gasteiger partial charge in [-0.1, -0.05) is 30.3 Å². The van der Waals surface area contributed by atoms with E-state index in [2.05, 4.69) is 33.8 Å². The Hall–Kier alpha value is -2.49. The van der Waals surface area contributed by atoms with Gasteiger partial charge in [-0.05, 0) is 24.1 Å². The van der Waals surface area contributed by atoms with Gasteiger partial charge >= 0.3 is 0 Å². The average molecular weight is 279 g/mol. The number of nitrogens with zero attached hydrogens (tertiary/aromatic N) is 2. The topological polar surface area (TPSA) is 53.1 Å². The molecule has 0 radical (unpaired) electrons. The molecule has 4 rings (SSSR count). The van der Waals surface area contributed by atoms with Crippen LogP contribution in [0.2, 0.25) is 0 Å². The molecule has 2 N–H and O–H groups in total. The summed E-state index contributed by atoms with van der Waals surface area (Å²) in [5.74, 6) is 1.94. The molecule has 1 aliphatic carbocycles. The summed E-state index contributed by atoms with van der Waals surface area (Å²) in [6.45, 7) is 0. The Kier molecular flexibility index (Phi) is 2.64. The molecule has 21 heavy (non-hydrogen) atoms. The van der Waals surface area contributed by atoms with Crippen LogP contribution in [0.5, 0.6) is 5.75 Å². The molecule has 0 saturated heterocycles. The van der Waals surface area contributed by atoms with Gasteiger partial charge in [0.2, 0.25) is 5.95 Å². The van der Waals surface area contributed by atoms with Crippen molar-refractivity contribution in [2.24, 2.45) is 0 Å². The van der Waals surface area contributed by atoms with Crippen molar-refractivity contribution in [3.63, 3.8) is 0 Å². The fourth-order valence-corrected chi connectivity index (χ4v) is 3.09. The smallest absolute Gasteiger partial charge is 0.201 e. The summed E-state index contributed by atoms with van der Waals surface area (Å²) >= 11 is 0. The van der Waals surface area contributed by atoms with Crippen molar-refractivity contribution in [3.8, 4) is 5.75 Å². The minimum Gasteiger partial charge on any atom is -0.497 e. The molecular weight excluding hydrogens is 262 g/mol. The summed E-state index contributed by atoms with van der Waals surface area (Å²) in [5, 5.41) is 0. The van der Waals surface area contributed by atoms with Crippen LogP contribution < -0.4 is 10.5 Å². The maximum absolute atomic E-state index is 6.14. The predicted octanol–water partition coefficient (Wildman–Crippen LogP) is 3.36. The maximum Gasteiger partial charge on any atom is 0.201 e. The number of hydrogen-bond donors (Lipinski definition) is 1. The highest BCUT2D eigenvalue weighted by molar-refractivity contribution is 5.80. The molecule has 106 valence electrons. The molecule has 0 amide bonds. The lowest BCUT2D eigenvalue weighted by Crippen LogP contribution is -2.02. The number of rotatable bonds is 3. The Morgan fingerprint density at radius 1 is 1.19 bits per heavy atom. The van der Waals surface area contributed by atoms with Crippen molar-refractivity contribution >= 4 is 17.0 Å². The van der Waals surface area contributed by atoms with Gasteiger partial charge in [0, 0.05) is 18.0 Å². The zero-order chi connectivity index (χ0) is 14.4. The fourth-order valence-electron chi connectivity index (χ4n) is 3.09. The molecule has 1 aliphatic rings. The quantitative estimate of drug-likeness (QED) is 0.800. The highest BCUT2D eigenvalue weighted by atomic mass is 16.5. The summed E-state index contributed by atoms with van der Waals surface area (Å²) in [7, 11) is 1.68. The number of imidazole rings is 1. The molecule has 2 aromatic carbocycles. The molecule has 2 unspecified atom stereocenters. The van der Waals surface area contributed by atoms with E-state index >= 15 is 0 Å². The second-order valence-corrected chi connectivity index (χ2v) is 5.51. The Labute approximate surface area is 123 Å². The van der Waals surface area contributed by atoms with Gasteiger partial charge in [0.1, 0.15) is 5.75 Å². The predicted molar refractivity (Wildman–Crippen MR) is 83.5 cm³/mol. The SMILES string of the molecule is COc1ccc2nc(N)n(C3CC3c3ccccc3)c2c1. The van der Waals surface area contributed by atoms with E-state index in [0.29, 0.717) is 17.9 Å². The highest BCUT2D eigenvalue weighted by Crippen LogP contribution is 2.53. The molecule has 2 atom stereocenters. The van der Waals surface area contributed by atoms with Gasteiger partial charge in [0.25, 0.3) is 0 Å². The van der Waals surface area contributed by atoms with E-state index in [4.69, 9.17) is 10.5 Å². The average Bonchev–Trinajstić information content (AvgIpc) is 3.23. The van der Waals surface area contributed by atoms with Crippen molar-refractivity contribution < 1.29 is 4.74 Å². The molecule has 3 aromatic rings. The summed E-state index contributed by atoms with van der Waals surface area (Å²) in [6, 6.07) is 16.9. The number of benzene rings is 2. The second kappa shape index (κ2) is 4.52. The molecule has 0 aliphatic heterocycles. The van der Waals surface area contributed by atoms with E-state index < -0.39 is 0 Å². The molecule has 0 bridgehead atoms. The third kappa shape index (κ3) is 1.95. The van der Waals surface area contributed by atoms with E-state index in [-0.39, 0.29) is 0 Å². The fraction of sp³-hybridized carbons (Fsp3) is 0.235. The first kappa shape index (κ1) is 12.3. The summed E-state index contributed by atoms with van der Waals surface area (Å²) in [6.07, 6.45) is 1.11. The number of anilines is 1. The van der Waals surface area contributed by atoms with Gasteiger partial charge < -0.3 is 15.0 Å². The molecule has 0 spiro atoms. The number of nitrogens with two attached hydrogens (primary N) is 1. The molecule has 4 nitrogen and oxygen atoms in total. The number of hydrogen-bond acceptors (Lipinski definition) is 3. The van der Waals surface area contributed by atoms with Crippen molar-refractivity contribution in [2.75, 3.05) is 12.8 Å². The monoisotopic (exact) mass is 279 g/mol. The number of ether oxygens (including phenoxy) is 1. The Balaban J connectivity index is 1.76. The lowest BCUT2D eigenvalue weighted by Gasteiger charge is -2.07. The van der Waals surface area contributed by atoms with Gasteiger partial charge in [-0.25, -0.2) is 4.98 Å². The van der Waals surface area contributed by atoms with E-state index in [1.807, 2.05) is 24.3 Å². The first-order chi connectivity index (χ1) is 10.3. The third-order valence-electron chi connectivity index (χ3n) is 4.24. The van der Waals surface area contributed by atoms with Crippen LogP contribution >= 0.6 is 0 Å². The summed E-state index contributed by atoms with van der Waals surface area (Å²) < 4.78 is 7.46. The highest BCUT2D eigenvalue weighted by Gasteiger charge is 2.41. The zero-order valence-corrected chi connectivity index (χ0v) is 11.9.